The number of carbonyl (C=O) groups is 2. The van der Waals surface area contributed by atoms with Gasteiger partial charge in [0, 0.05) is 108 Å². The second-order valence-corrected chi connectivity index (χ2v) is 19.4. The van der Waals surface area contributed by atoms with Crippen LogP contribution in [0.2, 0.25) is 10.0 Å². The van der Waals surface area contributed by atoms with E-state index in [1.807, 2.05) is 58.2 Å². The molecule has 6 aromatic heterocycles. The molecule has 8 aromatic rings. The Morgan fingerprint density at radius 2 is 1.25 bits per heavy atom. The number of nitrogens with zero attached hydrogens (tertiary/aromatic N) is 15. The van der Waals surface area contributed by atoms with E-state index in [9.17, 15) is 18.4 Å². The predicted octanol–water partition coefficient (Wildman–Crippen LogP) is 6.84. The van der Waals surface area contributed by atoms with E-state index in [1.54, 1.807) is 57.0 Å². The van der Waals surface area contributed by atoms with Crippen LogP contribution in [-0.4, -0.2) is 140 Å². The topological polar surface area (TPSA) is 186 Å². The zero-order valence-corrected chi connectivity index (χ0v) is 42.5. The van der Waals surface area contributed by atoms with Crippen molar-refractivity contribution in [3.05, 3.63) is 169 Å². The highest BCUT2D eigenvalue weighted by molar-refractivity contribution is 7.13. The first-order valence-electron chi connectivity index (χ1n) is 23.0. The maximum atomic E-state index is 14.4. The minimum atomic E-state index is -0.677. The van der Waals surface area contributed by atoms with Crippen LogP contribution < -0.4 is 10.1 Å². The Labute approximate surface area is 435 Å². The molecule has 2 aliphatic rings. The molecule has 19 nitrogen and oxygen atoms in total. The average Bonchev–Trinajstić information content (AvgIpc) is 4.26. The molecule has 8 heterocycles. The highest BCUT2D eigenvalue weighted by atomic mass is 35.5. The largest absolute Gasteiger partial charge is 0.364 e. The van der Waals surface area contributed by atoms with Crippen LogP contribution in [0.4, 0.5) is 25.5 Å². The molecule has 2 saturated heterocycles. The van der Waals surface area contributed by atoms with Crippen molar-refractivity contribution in [3.8, 4) is 0 Å². The molecule has 0 unspecified atom stereocenters. The molecule has 73 heavy (non-hydrogen) atoms. The van der Waals surface area contributed by atoms with Gasteiger partial charge in [0.05, 0.1) is 58.0 Å². The fraction of sp³-hybridized carbons (Fsp3) is 0.292. The lowest BCUT2D eigenvalue weighted by molar-refractivity contribution is 0.0615. The van der Waals surface area contributed by atoms with Crippen LogP contribution in [0, 0.1) is 11.6 Å². The summed E-state index contributed by atoms with van der Waals surface area (Å²) in [7, 11) is 1.64. The van der Waals surface area contributed by atoms with Crippen LogP contribution in [0.1, 0.15) is 43.2 Å². The van der Waals surface area contributed by atoms with Gasteiger partial charge in [-0.2, -0.15) is 0 Å². The number of hydrogen-bond donors (Lipinski definition) is 1. The molecule has 25 heteroatoms. The molecule has 0 spiro atoms. The lowest BCUT2D eigenvalue weighted by atomic mass is 10.1. The number of methoxy groups -OCH3 is 1. The maximum Gasteiger partial charge on any atom is 0.256 e. The number of anilines is 2. The van der Waals surface area contributed by atoms with Gasteiger partial charge in [0.15, 0.2) is 27.4 Å². The molecule has 2 fully saturated rings. The van der Waals surface area contributed by atoms with E-state index >= 15 is 0 Å². The second-order valence-electron chi connectivity index (χ2n) is 16.9. The minimum absolute atomic E-state index is 0.000952. The summed E-state index contributed by atoms with van der Waals surface area (Å²) in [4.78, 5) is 52.9. The molecule has 1 N–H and O–H groups in total. The summed E-state index contributed by atoms with van der Waals surface area (Å²) in [5.74, 6) is -0.737. The maximum absolute atomic E-state index is 14.4. The summed E-state index contributed by atoms with van der Waals surface area (Å²) < 4.78 is 39.3. The smallest absolute Gasteiger partial charge is 0.256 e. The first kappa shape index (κ1) is 51.1. The standard InChI is InChI=1S/C25H26ClFN8O2S.C23H22ClFN8OS/c1-37-17-34-11-12-38-25(34)30-22-14-18(15-35-6-5-28-31-35)13-19(29-22)16-32-7-9-33(10-8-32)24(36)20-3-2-4-21(26)23(20)27;24-19-3-1-2-18(21(19)25)22(34)32-9-7-31(8-10-32)15-17-12-16(14-33-6-4-27-30-33)13-20(28-17)29-23-26-5-11-35-23/h2-6,11-14H,7-10,15-17H2,1H3;1-6,11-13H,7-10,14-15H2,(H,26,28,29). The van der Waals surface area contributed by atoms with Crippen molar-refractivity contribution >= 4 is 74.5 Å². The highest BCUT2D eigenvalue weighted by Gasteiger charge is 2.27. The third-order valence-electron chi connectivity index (χ3n) is 11.8. The summed E-state index contributed by atoms with van der Waals surface area (Å²) in [5, 5.41) is 23.7. The van der Waals surface area contributed by atoms with Gasteiger partial charge in [0.2, 0.25) is 0 Å². The summed E-state index contributed by atoms with van der Waals surface area (Å²) in [6.07, 6.45) is 10.6. The van der Waals surface area contributed by atoms with Crippen molar-refractivity contribution in [1.82, 2.24) is 69.1 Å². The van der Waals surface area contributed by atoms with Gasteiger partial charge < -0.3 is 19.9 Å². The van der Waals surface area contributed by atoms with Crippen LogP contribution in [0.25, 0.3) is 0 Å². The fourth-order valence-corrected chi connectivity index (χ4v) is 9.84. The minimum Gasteiger partial charge on any atom is -0.364 e. The summed E-state index contributed by atoms with van der Waals surface area (Å²) in [6.45, 7) is 7.22. The van der Waals surface area contributed by atoms with Gasteiger partial charge in [-0.3, -0.25) is 24.0 Å². The molecule has 2 aromatic carbocycles. The Morgan fingerprint density at radius 3 is 1.77 bits per heavy atom. The van der Waals surface area contributed by atoms with Crippen molar-refractivity contribution in [2.45, 2.75) is 32.9 Å². The Bertz CT molecular complexity index is 3130. The van der Waals surface area contributed by atoms with Gasteiger partial charge in [-0.1, -0.05) is 45.8 Å². The van der Waals surface area contributed by atoms with Crippen molar-refractivity contribution < 1.29 is 23.1 Å². The summed E-state index contributed by atoms with van der Waals surface area (Å²) in [5.41, 5.74) is 3.79. The van der Waals surface area contributed by atoms with Gasteiger partial charge >= 0.3 is 0 Å². The van der Waals surface area contributed by atoms with Crippen molar-refractivity contribution in [2.75, 3.05) is 64.8 Å². The lowest BCUT2D eigenvalue weighted by Gasteiger charge is -2.34. The van der Waals surface area contributed by atoms with Gasteiger partial charge in [-0.15, -0.1) is 32.9 Å². The van der Waals surface area contributed by atoms with Crippen molar-refractivity contribution in [1.29, 1.82) is 0 Å². The Kier molecular flexibility index (Phi) is 17.0. The number of benzene rings is 2. The number of hydrogen-bond acceptors (Lipinski definition) is 16. The SMILES string of the molecule is COCn1ccsc1=Nc1cc(Cn2ccnn2)cc(CN2CCN(C(=O)c3cccc(Cl)c3F)CC2)n1.O=C(c1cccc(Cl)c1F)N1CCN(Cc2cc(Cn3ccnn3)cc(Nc3nccs3)n2)CC1. The van der Waals surface area contributed by atoms with Crippen LogP contribution in [0.5, 0.6) is 0 Å². The van der Waals surface area contributed by atoms with E-state index in [0.717, 1.165) is 32.4 Å². The van der Waals surface area contributed by atoms with Gasteiger partial charge in [0.25, 0.3) is 11.8 Å². The number of ether oxygens (including phenoxy) is 1. The number of halogens is 4. The third-order valence-corrected chi connectivity index (χ3v) is 13.8. The molecule has 0 radical (unpaired) electrons. The fourth-order valence-electron chi connectivity index (χ4n) is 8.23. The van der Waals surface area contributed by atoms with Gasteiger partial charge in [0.1, 0.15) is 12.5 Å². The summed E-state index contributed by atoms with van der Waals surface area (Å²) in [6, 6.07) is 17.0. The molecule has 378 valence electrons. The number of piperazine rings is 2. The number of nitrogens with one attached hydrogen (secondary N) is 1. The van der Waals surface area contributed by atoms with Crippen LogP contribution in [-0.2, 0) is 37.6 Å². The third kappa shape index (κ3) is 13.4. The first-order valence-corrected chi connectivity index (χ1v) is 25.5. The molecule has 0 saturated carbocycles. The molecule has 0 atom stereocenters. The Morgan fingerprint density at radius 1 is 0.685 bits per heavy atom. The van der Waals surface area contributed by atoms with Gasteiger partial charge in [-0.25, -0.2) is 38.1 Å². The monoisotopic (exact) mass is 1070 g/mol. The zero-order valence-electron chi connectivity index (χ0n) is 39.3. The molecule has 2 aliphatic heterocycles. The van der Waals surface area contributed by atoms with Crippen molar-refractivity contribution in [2.24, 2.45) is 4.99 Å². The van der Waals surface area contributed by atoms with Gasteiger partial charge in [-0.05, 0) is 59.7 Å². The molecular weight excluding hydrogens is 1020 g/mol. The first-order chi connectivity index (χ1) is 35.5. The van der Waals surface area contributed by atoms with Crippen LogP contribution in [0.15, 0.2) is 114 Å². The zero-order chi connectivity index (χ0) is 50.7. The number of carbonyl (C=O) groups excluding carboxylic acids is 2. The lowest BCUT2D eigenvalue weighted by Crippen LogP contribution is -2.48. The Balaban J connectivity index is 0.000000180. The number of aromatic nitrogens is 10. The number of rotatable bonds is 15. The van der Waals surface area contributed by atoms with E-state index in [-0.39, 0.29) is 33.0 Å². The number of pyridine rings is 2. The van der Waals surface area contributed by atoms with E-state index in [2.05, 4.69) is 40.7 Å². The predicted molar refractivity (Wildman–Crippen MR) is 272 cm³/mol. The average molecular weight is 1070 g/mol. The normalized spacial score (nSPS) is 14.6. The highest BCUT2D eigenvalue weighted by Crippen LogP contribution is 2.24. The number of amides is 2. The Hall–Kier alpha value is -6.86. The van der Waals surface area contributed by atoms with E-state index in [4.69, 9.17) is 42.9 Å². The summed E-state index contributed by atoms with van der Waals surface area (Å²) >= 11 is 14.7. The molecular formula is C48H48Cl2F2N16O3S2. The molecule has 10 rings (SSSR count). The number of thiazole rings is 2. The molecule has 0 aliphatic carbocycles. The van der Waals surface area contributed by atoms with Crippen molar-refractivity contribution in [3.63, 3.8) is 0 Å². The van der Waals surface area contributed by atoms with E-state index in [0.29, 0.717) is 96.9 Å². The van der Waals surface area contributed by atoms with Crippen LogP contribution in [0.3, 0.4) is 0 Å². The molecule has 2 amide bonds. The van der Waals surface area contributed by atoms with E-state index in [1.165, 1.54) is 46.9 Å². The second kappa shape index (κ2) is 24.2. The van der Waals surface area contributed by atoms with Crippen LogP contribution >= 0.6 is 45.9 Å². The quantitative estimate of drug-likeness (QED) is 0.113. The molecule has 0 bridgehead atoms. The van der Waals surface area contributed by atoms with E-state index < -0.39 is 11.6 Å².